The van der Waals surface area contributed by atoms with E-state index in [1.54, 1.807) is 38.6 Å². The number of aromatic nitrogens is 2. The second kappa shape index (κ2) is 11.8. The molecule has 8 heteroatoms. The molecule has 0 saturated heterocycles. The van der Waals surface area contributed by atoms with Crippen molar-refractivity contribution in [2.75, 3.05) is 33.2 Å². The molecule has 1 N–H and O–H groups in total. The van der Waals surface area contributed by atoms with Crippen molar-refractivity contribution in [1.29, 1.82) is 0 Å². The monoisotopic (exact) mass is 575 g/mol. The Morgan fingerprint density at radius 2 is 1.83 bits per heavy atom. The number of aromatic carboxylic acids is 1. The van der Waals surface area contributed by atoms with Crippen LogP contribution in [0.3, 0.4) is 0 Å². The van der Waals surface area contributed by atoms with Gasteiger partial charge in [-0.2, -0.15) is 0 Å². The zero-order valence-corrected chi connectivity index (χ0v) is 18.8. The van der Waals surface area contributed by atoms with Crippen LogP contribution in [0.25, 0.3) is 11.3 Å². The first-order valence-corrected chi connectivity index (χ1v) is 8.38. The number of hydrogen-bond donors (Lipinski definition) is 1. The Hall–Kier alpha value is -2.92. The van der Waals surface area contributed by atoms with E-state index in [-0.39, 0.29) is 26.8 Å². The van der Waals surface area contributed by atoms with Crippen molar-refractivity contribution >= 4 is 11.7 Å². The van der Waals surface area contributed by atoms with Crippen LogP contribution in [0.4, 0.5) is 5.69 Å². The van der Waals surface area contributed by atoms with Crippen LogP contribution < -0.4 is 14.4 Å². The van der Waals surface area contributed by atoms with Gasteiger partial charge in [0.15, 0.2) is 0 Å². The molecular formula is C21H22N3O4Pt-. The minimum absolute atomic E-state index is 0. The Labute approximate surface area is 184 Å². The van der Waals surface area contributed by atoms with Crippen LogP contribution in [0.15, 0.2) is 54.9 Å². The van der Waals surface area contributed by atoms with Gasteiger partial charge in [0, 0.05) is 64.7 Å². The van der Waals surface area contributed by atoms with Gasteiger partial charge in [0.1, 0.15) is 5.69 Å². The summed E-state index contributed by atoms with van der Waals surface area (Å²) in [4.78, 5) is 20.1. The molecule has 3 aromatic rings. The van der Waals surface area contributed by atoms with Crippen LogP contribution in [-0.2, 0) is 21.1 Å². The largest absolute Gasteiger partial charge is 0.540 e. The van der Waals surface area contributed by atoms with Gasteiger partial charge in [0.05, 0.1) is 14.2 Å². The first-order chi connectivity index (χ1) is 13.5. The minimum atomic E-state index is -0.990. The first kappa shape index (κ1) is 24.1. The summed E-state index contributed by atoms with van der Waals surface area (Å²) in [6.07, 6.45) is 3.23. The number of ether oxygens (including phenoxy) is 2. The van der Waals surface area contributed by atoms with Gasteiger partial charge in [0.25, 0.3) is 0 Å². The number of anilines is 1. The Kier molecular flexibility index (Phi) is 9.83. The van der Waals surface area contributed by atoms with Crippen LogP contribution in [0.2, 0.25) is 0 Å². The molecule has 0 amide bonds. The number of carbonyl (C=O) groups is 1. The fraction of sp³-hybridized carbons (Fsp3) is 0.190. The van der Waals surface area contributed by atoms with E-state index in [0.29, 0.717) is 11.5 Å². The summed E-state index contributed by atoms with van der Waals surface area (Å²) >= 11 is 0. The molecule has 1 aromatic carbocycles. The van der Waals surface area contributed by atoms with E-state index in [0.717, 1.165) is 16.9 Å². The van der Waals surface area contributed by atoms with Gasteiger partial charge >= 0.3 is 5.97 Å². The quantitative estimate of drug-likeness (QED) is 0.467. The average Bonchev–Trinajstić information content (AvgIpc) is 2.74. The Morgan fingerprint density at radius 3 is 2.34 bits per heavy atom. The molecular weight excluding hydrogens is 553 g/mol. The van der Waals surface area contributed by atoms with Gasteiger partial charge < -0.3 is 24.5 Å². The zero-order valence-electron chi connectivity index (χ0n) is 16.5. The molecule has 29 heavy (non-hydrogen) atoms. The van der Waals surface area contributed by atoms with Gasteiger partial charge in [-0.15, -0.1) is 12.1 Å². The molecule has 0 spiro atoms. The van der Waals surface area contributed by atoms with E-state index >= 15 is 0 Å². The average molecular weight is 576 g/mol. The van der Waals surface area contributed by atoms with E-state index in [9.17, 15) is 4.79 Å². The minimum Gasteiger partial charge on any atom is -0.540 e. The second-order valence-corrected chi connectivity index (χ2v) is 5.80. The number of nitrogens with zero attached hydrogens (tertiary/aromatic N) is 3. The standard InChI is InChI=1S/C15H17N2O2.C6H5NO2.Pt/c1-17(2)11-7-8-16-14(9-11)13-6-5-12(18-3)10-15(13)19-4;8-6(9)5-3-1-2-4-7-5;/h5,7-10H,1-4H3;1-4H,(H,8,9);/q-1;;. The number of benzene rings is 1. The van der Waals surface area contributed by atoms with Crippen molar-refractivity contribution < 1.29 is 40.4 Å². The molecule has 0 saturated carbocycles. The summed E-state index contributed by atoms with van der Waals surface area (Å²) in [7, 11) is 7.23. The fourth-order valence-corrected chi connectivity index (χ4v) is 2.26. The second-order valence-electron chi connectivity index (χ2n) is 5.80. The maximum atomic E-state index is 10.1. The van der Waals surface area contributed by atoms with Gasteiger partial charge in [-0.05, 0) is 23.9 Å². The van der Waals surface area contributed by atoms with E-state index in [4.69, 9.17) is 14.6 Å². The van der Waals surface area contributed by atoms with Gasteiger partial charge in [0.2, 0.25) is 0 Å². The van der Waals surface area contributed by atoms with Crippen molar-refractivity contribution in [1.82, 2.24) is 9.97 Å². The molecule has 0 aliphatic heterocycles. The number of methoxy groups -OCH3 is 2. The topological polar surface area (TPSA) is 84.8 Å². The predicted octanol–water partition coefficient (Wildman–Crippen LogP) is 3.41. The molecule has 0 unspecified atom stereocenters. The Balaban J connectivity index is 0.000000355. The normalized spacial score (nSPS) is 9.38. The van der Waals surface area contributed by atoms with Crippen LogP contribution in [0.1, 0.15) is 10.5 Å². The molecule has 0 bridgehead atoms. The summed E-state index contributed by atoms with van der Waals surface area (Å²) < 4.78 is 10.5. The van der Waals surface area contributed by atoms with E-state index in [1.165, 1.54) is 12.3 Å². The maximum Gasteiger partial charge on any atom is 0.354 e. The first-order valence-electron chi connectivity index (χ1n) is 8.38. The van der Waals surface area contributed by atoms with Gasteiger partial charge in [-0.1, -0.05) is 23.8 Å². The molecule has 0 aliphatic carbocycles. The number of rotatable bonds is 5. The summed E-state index contributed by atoms with van der Waals surface area (Å²) in [5, 5.41) is 8.32. The van der Waals surface area contributed by atoms with E-state index in [2.05, 4.69) is 16.0 Å². The molecule has 7 nitrogen and oxygen atoms in total. The number of pyridine rings is 2. The molecule has 3 rings (SSSR count). The summed E-state index contributed by atoms with van der Waals surface area (Å²) in [6.45, 7) is 0. The van der Waals surface area contributed by atoms with E-state index < -0.39 is 5.97 Å². The zero-order chi connectivity index (χ0) is 20.5. The van der Waals surface area contributed by atoms with Crippen molar-refractivity contribution in [3.63, 3.8) is 0 Å². The van der Waals surface area contributed by atoms with Crippen LogP contribution in [-0.4, -0.2) is 49.4 Å². The smallest absolute Gasteiger partial charge is 0.354 e. The summed E-state index contributed by atoms with van der Waals surface area (Å²) in [6, 6.07) is 15.5. The third kappa shape index (κ3) is 6.87. The van der Waals surface area contributed by atoms with Gasteiger partial charge in [-0.3, -0.25) is 0 Å². The molecule has 0 radical (unpaired) electrons. The number of carboxylic acid groups (broad SMARTS) is 1. The van der Waals surface area contributed by atoms with Crippen molar-refractivity contribution in [2.45, 2.75) is 0 Å². The Bertz CT molecular complexity index is 921. The third-order valence-corrected chi connectivity index (χ3v) is 3.73. The number of carboxylic acids is 1. The molecule has 0 aliphatic rings. The summed E-state index contributed by atoms with van der Waals surface area (Å²) in [5.41, 5.74) is 2.81. The van der Waals surface area contributed by atoms with Crippen molar-refractivity contribution in [2.24, 2.45) is 0 Å². The molecule has 2 heterocycles. The van der Waals surface area contributed by atoms with Crippen LogP contribution >= 0.6 is 0 Å². The predicted molar refractivity (Wildman–Crippen MR) is 107 cm³/mol. The van der Waals surface area contributed by atoms with Crippen molar-refractivity contribution in [3.8, 4) is 22.8 Å². The molecule has 156 valence electrons. The fourth-order valence-electron chi connectivity index (χ4n) is 2.26. The number of hydrogen-bond acceptors (Lipinski definition) is 6. The van der Waals surface area contributed by atoms with Crippen molar-refractivity contribution in [3.05, 3.63) is 66.6 Å². The SMILES string of the molecule is COc1c[c-]c(-c2cc(N(C)C)ccn2)c(OC)c1.O=C(O)c1ccccn1.[Pt]. The van der Waals surface area contributed by atoms with Gasteiger partial charge in [-0.25, -0.2) is 9.78 Å². The molecule has 2 aromatic heterocycles. The Morgan fingerprint density at radius 1 is 1.07 bits per heavy atom. The maximum absolute atomic E-state index is 10.1. The third-order valence-electron chi connectivity index (χ3n) is 3.73. The van der Waals surface area contributed by atoms with Crippen LogP contribution in [0, 0.1) is 6.07 Å². The van der Waals surface area contributed by atoms with E-state index in [1.807, 2.05) is 37.2 Å². The van der Waals surface area contributed by atoms with Crippen LogP contribution in [0.5, 0.6) is 11.5 Å². The molecule has 0 atom stereocenters. The summed E-state index contributed by atoms with van der Waals surface area (Å²) in [5.74, 6) is 0.419. The molecule has 0 fully saturated rings.